The minimum atomic E-state index is -0.974. The molecule has 102 valence electrons. The lowest BCUT2D eigenvalue weighted by atomic mass is 10.2. The third-order valence-corrected chi connectivity index (χ3v) is 2.97. The predicted molar refractivity (Wildman–Crippen MR) is 63.8 cm³/mol. The maximum atomic E-state index is 11.9. The molecule has 0 radical (unpaired) electrons. The fourth-order valence-corrected chi connectivity index (χ4v) is 2.13. The van der Waals surface area contributed by atoms with Crippen LogP contribution in [0.25, 0.3) is 0 Å². The molecule has 1 rings (SSSR count). The molecule has 1 saturated carbocycles. The van der Waals surface area contributed by atoms with Crippen LogP contribution < -0.4 is 11.1 Å². The van der Waals surface area contributed by atoms with E-state index in [0.717, 1.165) is 25.7 Å². The number of carbonyl (C=O) groups is 3. The Hall–Kier alpha value is -1.79. The number of nitrogens with one attached hydrogen (secondary N) is 1. The van der Waals surface area contributed by atoms with E-state index in [0.29, 0.717) is 0 Å². The summed E-state index contributed by atoms with van der Waals surface area (Å²) in [7, 11) is 0. The molecule has 0 bridgehead atoms. The van der Waals surface area contributed by atoms with Crippen LogP contribution in [0.15, 0.2) is 0 Å². The average molecular weight is 257 g/mol. The van der Waals surface area contributed by atoms with Crippen LogP contribution in [0.1, 0.15) is 32.1 Å². The quantitative estimate of drug-likeness (QED) is 0.616. The van der Waals surface area contributed by atoms with Crippen molar-refractivity contribution in [3.8, 4) is 0 Å². The maximum Gasteiger partial charge on any atom is 0.318 e. The summed E-state index contributed by atoms with van der Waals surface area (Å²) in [5, 5.41) is 11.0. The van der Waals surface area contributed by atoms with E-state index in [1.54, 1.807) is 0 Å². The molecule has 7 heteroatoms. The third kappa shape index (κ3) is 4.60. The van der Waals surface area contributed by atoms with E-state index in [-0.39, 0.29) is 25.6 Å². The molecular weight excluding hydrogens is 238 g/mol. The molecule has 0 aromatic carbocycles. The zero-order chi connectivity index (χ0) is 13.5. The van der Waals surface area contributed by atoms with E-state index in [9.17, 15) is 14.4 Å². The second-order valence-corrected chi connectivity index (χ2v) is 4.41. The van der Waals surface area contributed by atoms with Crippen molar-refractivity contribution in [2.45, 2.75) is 38.1 Å². The molecule has 7 nitrogen and oxygen atoms in total. The molecule has 0 spiro atoms. The summed E-state index contributed by atoms with van der Waals surface area (Å²) in [4.78, 5) is 34.6. The van der Waals surface area contributed by atoms with Gasteiger partial charge in [0, 0.05) is 12.6 Å². The lowest BCUT2D eigenvalue weighted by Gasteiger charge is -2.27. The van der Waals surface area contributed by atoms with Crippen molar-refractivity contribution in [1.29, 1.82) is 0 Å². The van der Waals surface area contributed by atoms with Crippen LogP contribution in [-0.2, 0) is 9.59 Å². The lowest BCUT2D eigenvalue weighted by Crippen LogP contribution is -2.49. The van der Waals surface area contributed by atoms with Gasteiger partial charge in [-0.25, -0.2) is 4.79 Å². The van der Waals surface area contributed by atoms with Crippen molar-refractivity contribution in [1.82, 2.24) is 10.2 Å². The largest absolute Gasteiger partial charge is 0.481 e. The number of primary amides is 1. The van der Waals surface area contributed by atoms with Gasteiger partial charge in [0.1, 0.15) is 6.54 Å². The Labute approximate surface area is 105 Å². The minimum Gasteiger partial charge on any atom is -0.481 e. The van der Waals surface area contributed by atoms with Crippen molar-refractivity contribution in [3.63, 3.8) is 0 Å². The van der Waals surface area contributed by atoms with Gasteiger partial charge in [0.15, 0.2) is 0 Å². The van der Waals surface area contributed by atoms with Crippen LogP contribution in [0.2, 0.25) is 0 Å². The van der Waals surface area contributed by atoms with Crippen LogP contribution in [0.4, 0.5) is 4.79 Å². The molecule has 0 heterocycles. The van der Waals surface area contributed by atoms with Crippen LogP contribution in [-0.4, -0.2) is 47.0 Å². The summed E-state index contributed by atoms with van der Waals surface area (Å²) in [5.41, 5.74) is 5.12. The van der Waals surface area contributed by atoms with E-state index in [4.69, 9.17) is 10.8 Å². The highest BCUT2D eigenvalue weighted by molar-refractivity contribution is 5.83. The highest BCUT2D eigenvalue weighted by Gasteiger charge is 2.27. The van der Waals surface area contributed by atoms with Gasteiger partial charge >= 0.3 is 12.0 Å². The van der Waals surface area contributed by atoms with Gasteiger partial charge in [0.2, 0.25) is 5.91 Å². The van der Waals surface area contributed by atoms with Gasteiger partial charge < -0.3 is 21.1 Å². The van der Waals surface area contributed by atoms with Crippen LogP contribution >= 0.6 is 0 Å². The number of aliphatic carboxylic acids is 1. The Morgan fingerprint density at radius 2 is 1.89 bits per heavy atom. The van der Waals surface area contributed by atoms with Crippen LogP contribution in [0.5, 0.6) is 0 Å². The molecule has 0 unspecified atom stereocenters. The molecule has 0 atom stereocenters. The fraction of sp³-hybridized carbons (Fsp3) is 0.727. The summed E-state index contributed by atoms with van der Waals surface area (Å²) in [6.07, 6.45) is 3.64. The number of carboxylic acid groups (broad SMARTS) is 1. The van der Waals surface area contributed by atoms with Crippen LogP contribution in [0, 0.1) is 0 Å². The first-order valence-corrected chi connectivity index (χ1v) is 6.05. The van der Waals surface area contributed by atoms with Crippen molar-refractivity contribution in [3.05, 3.63) is 0 Å². The smallest absolute Gasteiger partial charge is 0.318 e. The number of nitrogens with two attached hydrogens (primary N) is 1. The number of hydrogen-bond donors (Lipinski definition) is 3. The van der Waals surface area contributed by atoms with Crippen molar-refractivity contribution in [2.75, 3.05) is 13.1 Å². The molecule has 1 aliphatic rings. The highest BCUT2D eigenvalue weighted by Crippen LogP contribution is 2.23. The van der Waals surface area contributed by atoms with Gasteiger partial charge in [0.25, 0.3) is 0 Å². The molecule has 1 aliphatic carbocycles. The second kappa shape index (κ2) is 6.83. The normalized spacial score (nSPS) is 15.3. The zero-order valence-electron chi connectivity index (χ0n) is 10.2. The Bertz CT molecular complexity index is 326. The van der Waals surface area contributed by atoms with E-state index < -0.39 is 17.9 Å². The molecule has 0 aromatic heterocycles. The average Bonchev–Trinajstić information content (AvgIpc) is 2.78. The van der Waals surface area contributed by atoms with E-state index >= 15 is 0 Å². The second-order valence-electron chi connectivity index (χ2n) is 4.41. The van der Waals surface area contributed by atoms with Crippen LogP contribution in [0.3, 0.4) is 0 Å². The Morgan fingerprint density at radius 1 is 1.28 bits per heavy atom. The van der Waals surface area contributed by atoms with Gasteiger partial charge in [-0.1, -0.05) is 12.8 Å². The number of nitrogens with zero attached hydrogens (tertiary/aromatic N) is 1. The van der Waals surface area contributed by atoms with Crippen molar-refractivity contribution < 1.29 is 19.5 Å². The van der Waals surface area contributed by atoms with Gasteiger partial charge in [-0.05, 0) is 12.8 Å². The Kier molecular flexibility index (Phi) is 5.41. The molecular formula is C11H19N3O4. The number of amides is 3. The van der Waals surface area contributed by atoms with Gasteiger partial charge in [-0.3, -0.25) is 9.59 Å². The van der Waals surface area contributed by atoms with E-state index in [1.165, 1.54) is 4.90 Å². The summed E-state index contributed by atoms with van der Waals surface area (Å²) in [6.45, 7) is -0.0697. The molecule has 0 saturated heterocycles. The maximum absolute atomic E-state index is 11.9. The predicted octanol–water partition coefficient (Wildman–Crippen LogP) is -0.0994. The first kappa shape index (κ1) is 14.3. The summed E-state index contributed by atoms with van der Waals surface area (Å²) in [6, 6.07) is -0.385. The third-order valence-electron chi connectivity index (χ3n) is 2.97. The molecule has 18 heavy (non-hydrogen) atoms. The lowest BCUT2D eigenvalue weighted by molar-refractivity contribution is -0.136. The van der Waals surface area contributed by atoms with Crippen molar-refractivity contribution >= 4 is 17.9 Å². The topological polar surface area (TPSA) is 113 Å². The summed E-state index contributed by atoms with van der Waals surface area (Å²) in [5.74, 6) is -1.53. The number of carboxylic acids is 1. The van der Waals surface area contributed by atoms with Gasteiger partial charge in [0.05, 0.1) is 6.42 Å². The summed E-state index contributed by atoms with van der Waals surface area (Å²) < 4.78 is 0. The van der Waals surface area contributed by atoms with E-state index in [2.05, 4.69) is 5.32 Å². The molecule has 3 amide bonds. The fourth-order valence-electron chi connectivity index (χ4n) is 2.13. The molecule has 1 fully saturated rings. The number of hydrogen-bond acceptors (Lipinski definition) is 3. The number of urea groups is 1. The SMILES string of the molecule is NC(=O)CN(C(=O)NCCC(=O)O)C1CCCC1. The molecule has 4 N–H and O–H groups in total. The Morgan fingerprint density at radius 3 is 2.39 bits per heavy atom. The van der Waals surface area contributed by atoms with E-state index in [1.807, 2.05) is 0 Å². The monoisotopic (exact) mass is 257 g/mol. The number of rotatable bonds is 6. The Balaban J connectivity index is 2.49. The first-order chi connectivity index (χ1) is 8.50. The van der Waals surface area contributed by atoms with Crippen molar-refractivity contribution in [2.24, 2.45) is 5.73 Å². The molecule has 0 aliphatic heterocycles. The summed E-state index contributed by atoms with van der Waals surface area (Å²) >= 11 is 0. The zero-order valence-corrected chi connectivity index (χ0v) is 10.2. The number of carbonyl (C=O) groups excluding carboxylic acids is 2. The van der Waals surface area contributed by atoms with Gasteiger partial charge in [-0.15, -0.1) is 0 Å². The highest BCUT2D eigenvalue weighted by atomic mass is 16.4. The van der Waals surface area contributed by atoms with Gasteiger partial charge in [-0.2, -0.15) is 0 Å². The standard InChI is InChI=1S/C11H19N3O4/c12-9(15)7-14(8-3-1-2-4-8)11(18)13-6-5-10(16)17/h8H,1-7H2,(H2,12,15)(H,13,18)(H,16,17). The first-order valence-electron chi connectivity index (χ1n) is 6.05. The molecule has 0 aromatic rings. The minimum absolute atomic E-state index is 0.0299.